The van der Waals surface area contributed by atoms with Gasteiger partial charge in [-0.3, -0.25) is 0 Å². The van der Waals surface area contributed by atoms with Crippen LogP contribution in [0.4, 0.5) is 5.69 Å². The third-order valence-electron chi connectivity index (χ3n) is 1.37. The van der Waals surface area contributed by atoms with Crippen molar-refractivity contribution in [3.8, 4) is 11.8 Å². The molecule has 0 bridgehead atoms. The van der Waals surface area contributed by atoms with Gasteiger partial charge in [-0.05, 0) is 12.1 Å². The minimum absolute atomic E-state index is 0.485. The van der Waals surface area contributed by atoms with E-state index in [1.54, 1.807) is 18.2 Å². The summed E-state index contributed by atoms with van der Waals surface area (Å²) in [6.45, 7) is 0. The largest absolute Gasteiger partial charge is 0.240 e. The number of nitrogens with zero attached hydrogens (tertiary/aromatic N) is 1. The third kappa shape index (κ3) is 2.79. The molecule has 0 aliphatic heterocycles. The van der Waals surface area contributed by atoms with E-state index in [9.17, 15) is 4.79 Å². The molecule has 0 aliphatic carbocycles. The number of hydrogen-bond acceptors (Lipinski definition) is 3. The van der Waals surface area contributed by atoms with Crippen molar-refractivity contribution in [1.82, 2.24) is 0 Å². The molecule has 0 unspecified atom stereocenters. The molecule has 1 aromatic rings. The summed E-state index contributed by atoms with van der Waals surface area (Å²) in [5, 5.41) is 0. The third-order valence-corrected chi connectivity index (χ3v) is 1.53. The second-order valence-electron chi connectivity index (χ2n) is 2.18. The van der Waals surface area contributed by atoms with E-state index in [-0.39, 0.29) is 0 Å². The summed E-state index contributed by atoms with van der Waals surface area (Å²) in [7, 11) is 0. The summed E-state index contributed by atoms with van der Waals surface area (Å²) >= 11 is 3.96. The lowest BCUT2D eigenvalue weighted by Gasteiger charge is -1.93. The molecular weight excluding hydrogens is 182 g/mol. The molecule has 0 amide bonds. The highest BCUT2D eigenvalue weighted by Gasteiger charge is 1.94. The van der Waals surface area contributed by atoms with Crippen LogP contribution in [0.2, 0.25) is 0 Å². The summed E-state index contributed by atoms with van der Waals surface area (Å²) in [6, 6.07) is 7.15. The van der Waals surface area contributed by atoms with Gasteiger partial charge < -0.3 is 0 Å². The second kappa shape index (κ2) is 5.21. The van der Waals surface area contributed by atoms with E-state index in [0.29, 0.717) is 11.4 Å². The van der Waals surface area contributed by atoms with Crippen LogP contribution in [0, 0.1) is 11.8 Å². The fourth-order valence-corrected chi connectivity index (χ4v) is 0.940. The molecule has 13 heavy (non-hydrogen) atoms. The average molecular weight is 189 g/mol. The van der Waals surface area contributed by atoms with Gasteiger partial charge in [-0.25, -0.2) is 4.79 Å². The number of thiol groups is 1. The molecule has 64 valence electrons. The Kier molecular flexibility index (Phi) is 3.84. The molecule has 2 nitrogen and oxygen atoms in total. The Balaban J connectivity index is 3.11. The lowest BCUT2D eigenvalue weighted by Crippen LogP contribution is -1.75. The van der Waals surface area contributed by atoms with Crippen LogP contribution in [0.15, 0.2) is 29.3 Å². The van der Waals surface area contributed by atoms with Crippen LogP contribution in [0.1, 0.15) is 5.56 Å². The van der Waals surface area contributed by atoms with Crippen LogP contribution >= 0.6 is 12.6 Å². The molecule has 1 aromatic carbocycles. The lowest BCUT2D eigenvalue weighted by atomic mass is 10.2. The Hall–Kier alpha value is -1.49. The van der Waals surface area contributed by atoms with Crippen LogP contribution in [0.25, 0.3) is 0 Å². The molecule has 0 N–H and O–H groups in total. The van der Waals surface area contributed by atoms with Crippen molar-refractivity contribution in [3.63, 3.8) is 0 Å². The van der Waals surface area contributed by atoms with Crippen molar-refractivity contribution in [2.75, 3.05) is 5.75 Å². The van der Waals surface area contributed by atoms with Gasteiger partial charge in [-0.15, -0.1) is 0 Å². The monoisotopic (exact) mass is 189 g/mol. The van der Waals surface area contributed by atoms with Gasteiger partial charge in [0, 0.05) is 0 Å². The Morgan fingerprint density at radius 2 is 2.15 bits per heavy atom. The van der Waals surface area contributed by atoms with E-state index in [0.717, 1.165) is 5.56 Å². The van der Waals surface area contributed by atoms with Crippen molar-refractivity contribution in [2.24, 2.45) is 4.99 Å². The van der Waals surface area contributed by atoms with Crippen LogP contribution in [-0.4, -0.2) is 11.8 Å². The van der Waals surface area contributed by atoms with E-state index in [4.69, 9.17) is 0 Å². The molecular formula is C10H7NOS. The molecule has 1 rings (SSSR count). The maximum Gasteiger partial charge on any atom is 0.240 e. The van der Waals surface area contributed by atoms with E-state index in [1.165, 1.54) is 6.08 Å². The lowest BCUT2D eigenvalue weighted by molar-refractivity contribution is 0.565. The first-order valence-corrected chi connectivity index (χ1v) is 4.28. The Morgan fingerprint density at radius 1 is 1.38 bits per heavy atom. The van der Waals surface area contributed by atoms with Crippen LogP contribution in [0.5, 0.6) is 0 Å². The standard InChI is InChI=1S/C10H7NOS/c12-8-11-10-6-2-1-4-9(10)5-3-7-13/h1-2,4,6,13H,7H2. The summed E-state index contributed by atoms with van der Waals surface area (Å²) in [5.74, 6) is 6.12. The number of isocyanates is 1. The predicted molar refractivity (Wildman–Crippen MR) is 55.0 cm³/mol. The zero-order chi connectivity index (χ0) is 9.52. The normalized spacial score (nSPS) is 8.08. The van der Waals surface area contributed by atoms with Gasteiger partial charge >= 0.3 is 0 Å². The highest BCUT2D eigenvalue weighted by atomic mass is 32.1. The van der Waals surface area contributed by atoms with Crippen LogP contribution < -0.4 is 0 Å². The number of benzene rings is 1. The first kappa shape index (κ1) is 9.60. The summed E-state index contributed by atoms with van der Waals surface area (Å²) in [6.07, 6.45) is 1.49. The van der Waals surface area contributed by atoms with Crippen LogP contribution in [-0.2, 0) is 4.79 Å². The first-order chi connectivity index (χ1) is 6.38. The topological polar surface area (TPSA) is 29.4 Å². The Labute approximate surface area is 82.1 Å². The molecule has 0 saturated carbocycles. The molecule has 0 fully saturated rings. The molecule has 0 spiro atoms. The van der Waals surface area contributed by atoms with E-state index in [2.05, 4.69) is 29.5 Å². The van der Waals surface area contributed by atoms with Gasteiger partial charge in [0.2, 0.25) is 6.08 Å². The van der Waals surface area contributed by atoms with Gasteiger partial charge in [-0.1, -0.05) is 24.0 Å². The second-order valence-corrected chi connectivity index (χ2v) is 2.50. The minimum atomic E-state index is 0.485. The van der Waals surface area contributed by atoms with Gasteiger partial charge in [0.05, 0.1) is 17.0 Å². The van der Waals surface area contributed by atoms with Gasteiger partial charge in [-0.2, -0.15) is 17.6 Å². The number of para-hydroxylation sites is 1. The number of hydrogen-bond donors (Lipinski definition) is 1. The predicted octanol–water partition coefficient (Wildman–Crippen LogP) is 1.94. The number of aliphatic imine (C=N–C) groups is 1. The zero-order valence-electron chi connectivity index (χ0n) is 6.82. The summed E-state index contributed by atoms with van der Waals surface area (Å²) in [5.41, 5.74) is 1.27. The molecule has 0 aliphatic rings. The SMILES string of the molecule is O=C=Nc1ccccc1C#CCS. The van der Waals surface area contributed by atoms with Crippen molar-refractivity contribution < 1.29 is 4.79 Å². The molecule has 0 saturated heterocycles. The highest BCUT2D eigenvalue weighted by Crippen LogP contribution is 2.16. The molecule has 0 atom stereocenters. The molecule has 0 aromatic heterocycles. The smallest absolute Gasteiger partial charge is 0.211 e. The average Bonchev–Trinajstić information content (AvgIpc) is 2.17. The van der Waals surface area contributed by atoms with Crippen molar-refractivity contribution >= 4 is 24.4 Å². The minimum Gasteiger partial charge on any atom is -0.211 e. The first-order valence-electron chi connectivity index (χ1n) is 3.65. The van der Waals surface area contributed by atoms with E-state index in [1.807, 2.05) is 6.07 Å². The Morgan fingerprint density at radius 3 is 2.85 bits per heavy atom. The fraction of sp³-hybridized carbons (Fsp3) is 0.100. The van der Waals surface area contributed by atoms with Gasteiger partial charge in [0.25, 0.3) is 0 Å². The molecule has 0 radical (unpaired) electrons. The molecule has 3 heteroatoms. The maximum atomic E-state index is 10.0. The van der Waals surface area contributed by atoms with Gasteiger partial charge in [0.1, 0.15) is 0 Å². The van der Waals surface area contributed by atoms with Gasteiger partial charge in [0.15, 0.2) is 0 Å². The van der Waals surface area contributed by atoms with E-state index >= 15 is 0 Å². The zero-order valence-corrected chi connectivity index (χ0v) is 7.71. The summed E-state index contributed by atoms with van der Waals surface area (Å²) < 4.78 is 0. The maximum absolute atomic E-state index is 10.0. The van der Waals surface area contributed by atoms with Crippen LogP contribution in [0.3, 0.4) is 0 Å². The number of carbonyl (C=O) groups excluding carboxylic acids is 1. The Bertz CT molecular complexity index is 397. The van der Waals surface area contributed by atoms with Crippen molar-refractivity contribution in [1.29, 1.82) is 0 Å². The van der Waals surface area contributed by atoms with E-state index < -0.39 is 0 Å². The molecule has 0 heterocycles. The van der Waals surface area contributed by atoms with Crippen molar-refractivity contribution in [2.45, 2.75) is 0 Å². The highest BCUT2D eigenvalue weighted by molar-refractivity contribution is 7.80. The number of rotatable bonds is 1. The fourth-order valence-electron chi connectivity index (χ4n) is 0.861. The summed E-state index contributed by atoms with van der Waals surface area (Å²) in [4.78, 5) is 13.6. The quantitative estimate of drug-likeness (QED) is 0.311. The van der Waals surface area contributed by atoms with Crippen molar-refractivity contribution in [3.05, 3.63) is 29.8 Å².